The minimum atomic E-state index is -0.581. The first-order chi connectivity index (χ1) is 11.1. The smallest absolute Gasteiger partial charge is 0.338 e. The SMILES string of the molecule is COCc1cccc(C(=O)OCC(=O)Nc2ccc(Cl)cn2)c1. The molecule has 0 saturated heterocycles. The van der Waals surface area contributed by atoms with E-state index in [4.69, 9.17) is 21.1 Å². The molecule has 0 bridgehead atoms. The normalized spacial score (nSPS) is 10.2. The molecule has 1 amide bonds. The van der Waals surface area contributed by atoms with Crippen LogP contribution < -0.4 is 5.32 Å². The third-order valence-corrected chi connectivity index (χ3v) is 3.03. The Morgan fingerprint density at radius 2 is 2.09 bits per heavy atom. The summed E-state index contributed by atoms with van der Waals surface area (Å²) >= 11 is 5.70. The number of carbonyl (C=O) groups is 2. The second-order valence-electron chi connectivity index (χ2n) is 4.62. The minimum absolute atomic E-state index is 0.331. The standard InChI is InChI=1S/C16H15ClN2O4/c1-22-9-11-3-2-4-12(7-11)16(21)23-10-15(20)19-14-6-5-13(17)8-18-14/h2-8H,9-10H2,1H3,(H,18,19,20). The molecule has 0 fully saturated rings. The number of halogens is 1. The molecule has 23 heavy (non-hydrogen) atoms. The fraction of sp³-hybridized carbons (Fsp3) is 0.188. The third-order valence-electron chi connectivity index (χ3n) is 2.80. The van der Waals surface area contributed by atoms with Gasteiger partial charge in [-0.3, -0.25) is 4.79 Å². The second-order valence-corrected chi connectivity index (χ2v) is 5.06. The Hall–Kier alpha value is -2.44. The van der Waals surface area contributed by atoms with Crippen LogP contribution in [0.25, 0.3) is 0 Å². The fourth-order valence-corrected chi connectivity index (χ4v) is 1.91. The molecule has 0 saturated carbocycles. The maximum Gasteiger partial charge on any atom is 0.338 e. The Labute approximate surface area is 138 Å². The van der Waals surface area contributed by atoms with E-state index in [9.17, 15) is 9.59 Å². The van der Waals surface area contributed by atoms with Crippen LogP contribution >= 0.6 is 11.6 Å². The van der Waals surface area contributed by atoms with Gasteiger partial charge in [-0.1, -0.05) is 23.7 Å². The number of anilines is 1. The number of hydrogen-bond donors (Lipinski definition) is 1. The van der Waals surface area contributed by atoms with Crippen LogP contribution in [0.2, 0.25) is 5.02 Å². The van der Waals surface area contributed by atoms with E-state index in [0.29, 0.717) is 23.0 Å². The number of methoxy groups -OCH3 is 1. The average molecular weight is 335 g/mol. The molecule has 7 heteroatoms. The maximum absolute atomic E-state index is 11.9. The van der Waals surface area contributed by atoms with Crippen molar-refractivity contribution in [2.75, 3.05) is 19.0 Å². The zero-order valence-corrected chi connectivity index (χ0v) is 13.2. The van der Waals surface area contributed by atoms with E-state index in [2.05, 4.69) is 10.3 Å². The highest BCUT2D eigenvalue weighted by Crippen LogP contribution is 2.10. The largest absolute Gasteiger partial charge is 0.452 e. The number of pyridine rings is 1. The number of benzene rings is 1. The monoisotopic (exact) mass is 334 g/mol. The Kier molecular flexibility index (Phi) is 6.08. The summed E-state index contributed by atoms with van der Waals surface area (Å²) in [6, 6.07) is 9.97. The number of nitrogens with zero attached hydrogens (tertiary/aromatic N) is 1. The summed E-state index contributed by atoms with van der Waals surface area (Å²) in [5.41, 5.74) is 1.20. The van der Waals surface area contributed by atoms with E-state index in [1.807, 2.05) is 6.07 Å². The lowest BCUT2D eigenvalue weighted by Crippen LogP contribution is -2.21. The molecular weight excluding hydrogens is 320 g/mol. The van der Waals surface area contributed by atoms with Crippen LogP contribution in [0.4, 0.5) is 5.82 Å². The van der Waals surface area contributed by atoms with E-state index in [-0.39, 0.29) is 0 Å². The number of rotatable bonds is 6. The van der Waals surface area contributed by atoms with Crippen molar-refractivity contribution in [1.29, 1.82) is 0 Å². The molecule has 1 aromatic heterocycles. The van der Waals surface area contributed by atoms with Crippen molar-refractivity contribution in [3.8, 4) is 0 Å². The number of amides is 1. The number of ether oxygens (including phenoxy) is 2. The van der Waals surface area contributed by atoms with Crippen molar-refractivity contribution in [3.05, 3.63) is 58.7 Å². The van der Waals surface area contributed by atoms with Gasteiger partial charge in [0.25, 0.3) is 5.91 Å². The van der Waals surface area contributed by atoms with Crippen molar-refractivity contribution in [2.45, 2.75) is 6.61 Å². The molecule has 0 aliphatic carbocycles. The molecule has 120 valence electrons. The summed E-state index contributed by atoms with van der Waals surface area (Å²) in [4.78, 5) is 27.6. The lowest BCUT2D eigenvalue weighted by atomic mass is 10.1. The molecule has 0 aliphatic heterocycles. The summed E-state index contributed by atoms with van der Waals surface area (Å²) in [6.45, 7) is -0.0124. The van der Waals surface area contributed by atoms with Gasteiger partial charge in [0.1, 0.15) is 5.82 Å². The highest BCUT2D eigenvalue weighted by atomic mass is 35.5. The fourth-order valence-electron chi connectivity index (χ4n) is 1.80. The van der Waals surface area contributed by atoms with Gasteiger partial charge in [-0.2, -0.15) is 0 Å². The van der Waals surface area contributed by atoms with Crippen LogP contribution in [-0.2, 0) is 20.9 Å². The molecule has 0 radical (unpaired) electrons. The topological polar surface area (TPSA) is 77.5 Å². The van der Waals surface area contributed by atoms with Gasteiger partial charge in [-0.05, 0) is 29.8 Å². The molecule has 1 N–H and O–H groups in total. The Morgan fingerprint density at radius 1 is 1.26 bits per heavy atom. The average Bonchev–Trinajstić information content (AvgIpc) is 2.55. The summed E-state index contributed by atoms with van der Waals surface area (Å²) in [7, 11) is 1.57. The number of hydrogen-bond acceptors (Lipinski definition) is 5. The van der Waals surface area contributed by atoms with Crippen LogP contribution in [0, 0.1) is 0 Å². The number of aromatic nitrogens is 1. The zero-order chi connectivity index (χ0) is 16.7. The molecule has 0 atom stereocenters. The number of carbonyl (C=O) groups excluding carboxylic acids is 2. The van der Waals surface area contributed by atoms with Crippen LogP contribution in [0.1, 0.15) is 15.9 Å². The van der Waals surface area contributed by atoms with Crippen molar-refractivity contribution in [3.63, 3.8) is 0 Å². The summed E-state index contributed by atoms with van der Waals surface area (Å²) in [5, 5.41) is 2.97. The van der Waals surface area contributed by atoms with E-state index in [0.717, 1.165) is 5.56 Å². The quantitative estimate of drug-likeness (QED) is 0.822. The van der Waals surface area contributed by atoms with Crippen LogP contribution in [-0.4, -0.2) is 30.6 Å². The lowest BCUT2D eigenvalue weighted by molar-refractivity contribution is -0.119. The predicted octanol–water partition coefficient (Wildman–Crippen LogP) is 2.68. The van der Waals surface area contributed by atoms with Crippen molar-refractivity contribution >= 4 is 29.3 Å². The van der Waals surface area contributed by atoms with Gasteiger partial charge >= 0.3 is 5.97 Å². The molecule has 2 aromatic rings. The van der Waals surface area contributed by atoms with Gasteiger partial charge in [-0.25, -0.2) is 9.78 Å². The van der Waals surface area contributed by atoms with Crippen molar-refractivity contribution in [1.82, 2.24) is 4.98 Å². The summed E-state index contributed by atoms with van der Waals surface area (Å²) < 4.78 is 9.98. The minimum Gasteiger partial charge on any atom is -0.452 e. The zero-order valence-electron chi connectivity index (χ0n) is 12.4. The molecule has 6 nitrogen and oxygen atoms in total. The van der Waals surface area contributed by atoms with Crippen LogP contribution in [0.5, 0.6) is 0 Å². The first kappa shape index (κ1) is 16.9. The van der Waals surface area contributed by atoms with Crippen molar-refractivity contribution in [2.24, 2.45) is 0 Å². The Balaban J connectivity index is 1.87. The number of nitrogens with one attached hydrogen (secondary N) is 1. The summed E-state index contributed by atoms with van der Waals surface area (Å²) in [6.07, 6.45) is 1.41. The van der Waals surface area contributed by atoms with E-state index in [1.54, 1.807) is 37.4 Å². The van der Waals surface area contributed by atoms with Gasteiger partial charge in [0.15, 0.2) is 6.61 Å². The Bertz CT molecular complexity index is 689. The van der Waals surface area contributed by atoms with Gasteiger partial charge in [-0.15, -0.1) is 0 Å². The highest BCUT2D eigenvalue weighted by Gasteiger charge is 2.11. The first-order valence-electron chi connectivity index (χ1n) is 6.75. The third kappa shape index (κ3) is 5.36. The van der Waals surface area contributed by atoms with Gasteiger partial charge in [0.2, 0.25) is 0 Å². The van der Waals surface area contributed by atoms with E-state index in [1.165, 1.54) is 6.20 Å². The highest BCUT2D eigenvalue weighted by molar-refractivity contribution is 6.30. The predicted molar refractivity (Wildman–Crippen MR) is 85.3 cm³/mol. The molecule has 1 heterocycles. The summed E-state index contributed by atoms with van der Waals surface area (Å²) in [5.74, 6) is -0.735. The van der Waals surface area contributed by atoms with E-state index < -0.39 is 18.5 Å². The molecule has 0 aliphatic rings. The molecule has 0 spiro atoms. The van der Waals surface area contributed by atoms with Crippen molar-refractivity contribution < 1.29 is 19.1 Å². The molecule has 0 unspecified atom stereocenters. The van der Waals surface area contributed by atoms with Crippen LogP contribution in [0.3, 0.4) is 0 Å². The lowest BCUT2D eigenvalue weighted by Gasteiger charge is -2.07. The van der Waals surface area contributed by atoms with Gasteiger partial charge in [0.05, 0.1) is 17.2 Å². The molecular formula is C16H15ClN2O4. The maximum atomic E-state index is 11.9. The van der Waals surface area contributed by atoms with E-state index >= 15 is 0 Å². The van der Waals surface area contributed by atoms with Gasteiger partial charge < -0.3 is 14.8 Å². The molecule has 2 rings (SSSR count). The molecule has 1 aromatic carbocycles. The second kappa shape index (κ2) is 8.26. The first-order valence-corrected chi connectivity index (χ1v) is 7.12. The van der Waals surface area contributed by atoms with Crippen LogP contribution in [0.15, 0.2) is 42.6 Å². The van der Waals surface area contributed by atoms with Gasteiger partial charge in [0, 0.05) is 13.3 Å². The Morgan fingerprint density at radius 3 is 2.78 bits per heavy atom. The number of esters is 1.